The summed E-state index contributed by atoms with van der Waals surface area (Å²) in [7, 11) is 0. The summed E-state index contributed by atoms with van der Waals surface area (Å²) in [6, 6.07) is 12.8. The highest BCUT2D eigenvalue weighted by atomic mass is 32.1. The molecule has 0 radical (unpaired) electrons. The van der Waals surface area contributed by atoms with Crippen LogP contribution in [0.2, 0.25) is 0 Å². The Hall–Kier alpha value is -1.71. The summed E-state index contributed by atoms with van der Waals surface area (Å²) in [4.78, 5) is 0. The Morgan fingerprint density at radius 3 is 2.90 bits per heavy atom. The summed E-state index contributed by atoms with van der Waals surface area (Å²) >= 11 is 1.64. The standard InChI is InChI=1S/C17H13FOS/c18-13-4-5-14-12(10-13)6-8-17(14,19)15-3-1-2-11-7-9-20-16(11)15/h1-5,7,9-10,19H,6,8H2. The molecule has 0 aliphatic heterocycles. The second-order valence-corrected chi connectivity index (χ2v) is 6.22. The molecule has 0 spiro atoms. The van der Waals surface area contributed by atoms with E-state index in [-0.39, 0.29) is 5.82 Å². The molecule has 20 heavy (non-hydrogen) atoms. The van der Waals surface area contributed by atoms with Gasteiger partial charge in [0.25, 0.3) is 0 Å². The third kappa shape index (κ3) is 1.57. The quantitative estimate of drug-likeness (QED) is 0.709. The van der Waals surface area contributed by atoms with Crippen LogP contribution >= 0.6 is 11.3 Å². The lowest BCUT2D eigenvalue weighted by molar-refractivity contribution is 0.0846. The van der Waals surface area contributed by atoms with Crippen LogP contribution in [0, 0.1) is 5.82 Å². The number of hydrogen-bond donors (Lipinski definition) is 1. The summed E-state index contributed by atoms with van der Waals surface area (Å²) in [5, 5.41) is 14.4. The number of benzene rings is 2. The van der Waals surface area contributed by atoms with Crippen molar-refractivity contribution in [3.8, 4) is 0 Å². The second kappa shape index (κ2) is 4.14. The number of fused-ring (bicyclic) bond motifs is 2. The molecule has 3 aromatic rings. The topological polar surface area (TPSA) is 20.2 Å². The van der Waals surface area contributed by atoms with Crippen molar-refractivity contribution in [2.24, 2.45) is 0 Å². The Morgan fingerprint density at radius 2 is 2.00 bits per heavy atom. The molecule has 1 N–H and O–H groups in total. The average molecular weight is 284 g/mol. The smallest absolute Gasteiger partial charge is 0.123 e. The van der Waals surface area contributed by atoms with Crippen molar-refractivity contribution in [1.82, 2.24) is 0 Å². The lowest BCUT2D eigenvalue weighted by Gasteiger charge is -2.25. The zero-order valence-corrected chi connectivity index (χ0v) is 11.6. The lowest BCUT2D eigenvalue weighted by Crippen LogP contribution is -2.23. The maximum atomic E-state index is 13.3. The van der Waals surface area contributed by atoms with E-state index < -0.39 is 5.60 Å². The van der Waals surface area contributed by atoms with Crippen molar-refractivity contribution in [2.75, 3.05) is 0 Å². The third-order valence-corrected chi connectivity index (χ3v) is 5.16. The van der Waals surface area contributed by atoms with Gasteiger partial charge in [0.2, 0.25) is 0 Å². The van der Waals surface area contributed by atoms with Gasteiger partial charge in [-0.3, -0.25) is 0 Å². The number of thiophene rings is 1. The van der Waals surface area contributed by atoms with E-state index in [1.807, 2.05) is 17.5 Å². The maximum absolute atomic E-state index is 13.3. The highest BCUT2D eigenvalue weighted by molar-refractivity contribution is 7.17. The van der Waals surface area contributed by atoms with Crippen LogP contribution in [0.4, 0.5) is 4.39 Å². The van der Waals surface area contributed by atoms with E-state index in [2.05, 4.69) is 12.1 Å². The number of aliphatic hydroxyl groups is 1. The molecule has 1 nitrogen and oxygen atoms in total. The fourth-order valence-corrected chi connectivity index (χ4v) is 4.21. The fourth-order valence-electron chi connectivity index (χ4n) is 3.22. The van der Waals surface area contributed by atoms with Crippen LogP contribution in [0.3, 0.4) is 0 Å². The highest BCUT2D eigenvalue weighted by Gasteiger charge is 2.39. The molecule has 1 aliphatic carbocycles. The number of aryl methyl sites for hydroxylation is 1. The van der Waals surface area contributed by atoms with Crippen molar-refractivity contribution in [2.45, 2.75) is 18.4 Å². The Labute approximate surface area is 120 Å². The monoisotopic (exact) mass is 284 g/mol. The molecule has 0 fully saturated rings. The van der Waals surface area contributed by atoms with Crippen LogP contribution < -0.4 is 0 Å². The molecule has 1 aliphatic rings. The van der Waals surface area contributed by atoms with E-state index in [1.54, 1.807) is 23.5 Å². The summed E-state index contributed by atoms with van der Waals surface area (Å²) in [5.74, 6) is -0.234. The van der Waals surface area contributed by atoms with E-state index >= 15 is 0 Å². The minimum atomic E-state index is -0.993. The molecule has 0 bridgehead atoms. The minimum Gasteiger partial charge on any atom is -0.380 e. The van der Waals surface area contributed by atoms with Crippen LogP contribution in [0.15, 0.2) is 47.8 Å². The fraction of sp³-hybridized carbons (Fsp3) is 0.176. The normalized spacial score (nSPS) is 21.3. The van der Waals surface area contributed by atoms with Crippen LogP contribution in [0.25, 0.3) is 10.1 Å². The molecule has 0 saturated heterocycles. The van der Waals surface area contributed by atoms with Crippen LogP contribution in [0.1, 0.15) is 23.1 Å². The predicted octanol–water partition coefficient (Wildman–Crippen LogP) is 4.22. The molecule has 1 unspecified atom stereocenters. The predicted molar refractivity (Wildman–Crippen MR) is 79.5 cm³/mol. The number of halogens is 1. The molecule has 0 amide bonds. The van der Waals surface area contributed by atoms with Gasteiger partial charge in [0.05, 0.1) is 0 Å². The molecule has 1 aromatic heterocycles. The Bertz CT molecular complexity index is 808. The largest absolute Gasteiger partial charge is 0.380 e. The summed E-state index contributed by atoms with van der Waals surface area (Å²) in [6.45, 7) is 0. The van der Waals surface area contributed by atoms with Gasteiger partial charge in [0, 0.05) is 10.3 Å². The van der Waals surface area contributed by atoms with E-state index in [1.165, 1.54) is 6.07 Å². The summed E-state index contributed by atoms with van der Waals surface area (Å²) in [6.07, 6.45) is 1.33. The third-order valence-electron chi connectivity index (χ3n) is 4.19. The van der Waals surface area contributed by atoms with Gasteiger partial charge in [-0.05, 0) is 52.9 Å². The van der Waals surface area contributed by atoms with Crippen LogP contribution in [-0.4, -0.2) is 5.11 Å². The first-order valence-corrected chi connectivity index (χ1v) is 7.54. The first kappa shape index (κ1) is 12.1. The SMILES string of the molecule is OC1(c2cccc3ccsc23)CCc2cc(F)ccc21. The molecular formula is C17H13FOS. The van der Waals surface area contributed by atoms with Crippen molar-refractivity contribution in [3.63, 3.8) is 0 Å². The highest BCUT2D eigenvalue weighted by Crippen LogP contribution is 2.45. The molecule has 1 atom stereocenters. The first-order valence-electron chi connectivity index (χ1n) is 6.66. The van der Waals surface area contributed by atoms with Gasteiger partial charge in [0.1, 0.15) is 11.4 Å². The van der Waals surface area contributed by atoms with Crippen molar-refractivity contribution in [3.05, 3.63) is 70.4 Å². The average Bonchev–Trinajstić information content (AvgIpc) is 3.04. The van der Waals surface area contributed by atoms with E-state index in [0.717, 1.165) is 26.8 Å². The Balaban J connectivity index is 1.97. The molecule has 1 heterocycles. The molecule has 2 aromatic carbocycles. The lowest BCUT2D eigenvalue weighted by atomic mass is 9.87. The first-order chi connectivity index (χ1) is 9.68. The van der Waals surface area contributed by atoms with Crippen molar-refractivity contribution < 1.29 is 9.50 Å². The van der Waals surface area contributed by atoms with Crippen molar-refractivity contribution in [1.29, 1.82) is 0 Å². The maximum Gasteiger partial charge on any atom is 0.123 e. The van der Waals surface area contributed by atoms with Gasteiger partial charge in [-0.2, -0.15) is 0 Å². The van der Waals surface area contributed by atoms with E-state index in [4.69, 9.17) is 0 Å². The Kier molecular flexibility index (Phi) is 2.50. The van der Waals surface area contributed by atoms with Crippen LogP contribution in [0.5, 0.6) is 0 Å². The Morgan fingerprint density at radius 1 is 1.10 bits per heavy atom. The zero-order chi connectivity index (χ0) is 13.7. The minimum absolute atomic E-state index is 0.234. The van der Waals surface area contributed by atoms with Crippen LogP contribution in [-0.2, 0) is 12.0 Å². The number of hydrogen-bond acceptors (Lipinski definition) is 2. The van der Waals surface area contributed by atoms with Gasteiger partial charge >= 0.3 is 0 Å². The molecule has 4 rings (SSSR count). The number of rotatable bonds is 1. The zero-order valence-electron chi connectivity index (χ0n) is 10.8. The van der Waals surface area contributed by atoms with Gasteiger partial charge in [-0.1, -0.05) is 24.3 Å². The van der Waals surface area contributed by atoms with Gasteiger partial charge in [-0.25, -0.2) is 4.39 Å². The summed E-state index contributed by atoms with van der Waals surface area (Å²) in [5.41, 5.74) is 1.71. The molecule has 3 heteroatoms. The summed E-state index contributed by atoms with van der Waals surface area (Å²) < 4.78 is 14.5. The van der Waals surface area contributed by atoms with E-state index in [0.29, 0.717) is 12.8 Å². The van der Waals surface area contributed by atoms with Gasteiger partial charge < -0.3 is 5.11 Å². The van der Waals surface area contributed by atoms with E-state index in [9.17, 15) is 9.50 Å². The molecular weight excluding hydrogens is 271 g/mol. The van der Waals surface area contributed by atoms with Gasteiger partial charge in [-0.15, -0.1) is 11.3 Å². The second-order valence-electron chi connectivity index (χ2n) is 5.31. The van der Waals surface area contributed by atoms with Crippen molar-refractivity contribution >= 4 is 21.4 Å². The molecule has 0 saturated carbocycles. The van der Waals surface area contributed by atoms with Gasteiger partial charge in [0.15, 0.2) is 0 Å². The molecule has 100 valence electrons.